The molecule has 7 nitrogen and oxygen atoms in total. The zero-order valence-corrected chi connectivity index (χ0v) is 19.8. The quantitative estimate of drug-likeness (QED) is 0.660. The highest BCUT2D eigenvalue weighted by Gasteiger charge is 2.38. The zero-order valence-electron chi connectivity index (χ0n) is 17.4. The Balaban J connectivity index is 1.92. The average molecular weight is 498 g/mol. The van der Waals surface area contributed by atoms with E-state index in [1.54, 1.807) is 31.3 Å². The van der Waals surface area contributed by atoms with Crippen molar-refractivity contribution < 1.29 is 18.3 Å². The van der Waals surface area contributed by atoms with Gasteiger partial charge in [0, 0.05) is 42.3 Å². The Kier molecular flexibility index (Phi) is 7.52. The van der Waals surface area contributed by atoms with Gasteiger partial charge in [-0.1, -0.05) is 28.9 Å². The number of pyridine rings is 1. The smallest absolute Gasteiger partial charge is 0.247 e. The van der Waals surface area contributed by atoms with Crippen LogP contribution in [0.15, 0.2) is 52.0 Å². The lowest BCUT2D eigenvalue weighted by Crippen LogP contribution is -2.49. The number of aromatic nitrogens is 1. The molecule has 0 saturated carbocycles. The molecule has 0 spiro atoms. The topological polar surface area (TPSA) is 83.0 Å². The maximum absolute atomic E-state index is 13.3. The number of fused-ring (bicyclic) bond motifs is 1. The second-order valence-corrected chi connectivity index (χ2v) is 10.6. The molecule has 3 rings (SSSR count). The first-order chi connectivity index (χ1) is 14.2. The van der Waals surface area contributed by atoms with Crippen LogP contribution in [0.2, 0.25) is 0 Å². The lowest BCUT2D eigenvalue weighted by Gasteiger charge is -2.37. The molecule has 30 heavy (non-hydrogen) atoms. The van der Waals surface area contributed by atoms with E-state index >= 15 is 0 Å². The minimum absolute atomic E-state index is 0.0907. The van der Waals surface area contributed by atoms with Gasteiger partial charge in [0.15, 0.2) is 0 Å². The molecule has 0 bridgehead atoms. The maximum Gasteiger partial charge on any atom is 0.247 e. The van der Waals surface area contributed by atoms with Gasteiger partial charge in [0.05, 0.1) is 12.3 Å². The van der Waals surface area contributed by atoms with Gasteiger partial charge < -0.3 is 9.84 Å². The van der Waals surface area contributed by atoms with Crippen LogP contribution in [0.3, 0.4) is 0 Å². The second kappa shape index (κ2) is 9.74. The van der Waals surface area contributed by atoms with E-state index in [-0.39, 0.29) is 30.1 Å². The Hall–Kier alpha value is -1.52. The number of hydrogen-bond donors (Lipinski definition) is 1. The fraction of sp³-hybridized carbons (Fsp3) is 0.476. The molecule has 1 aliphatic rings. The summed E-state index contributed by atoms with van der Waals surface area (Å²) in [4.78, 5) is 6.62. The van der Waals surface area contributed by atoms with E-state index in [0.29, 0.717) is 18.8 Å². The minimum Gasteiger partial charge on any atom is -0.487 e. The van der Waals surface area contributed by atoms with Gasteiger partial charge in [0.2, 0.25) is 10.0 Å². The summed E-state index contributed by atoms with van der Waals surface area (Å²) in [7, 11) is -1.80. The summed E-state index contributed by atoms with van der Waals surface area (Å²) in [5, 5.41) is 9.68. The molecule has 3 atom stereocenters. The monoisotopic (exact) mass is 497 g/mol. The molecule has 2 aromatic rings. The number of aliphatic hydroxyl groups excluding tert-OH is 1. The number of likely N-dealkylation sites (N-methyl/N-ethyl adjacent to an activating group) is 1. The van der Waals surface area contributed by atoms with Crippen molar-refractivity contribution in [1.29, 1.82) is 0 Å². The van der Waals surface area contributed by atoms with Gasteiger partial charge in [0.1, 0.15) is 16.7 Å². The predicted octanol–water partition coefficient (Wildman–Crippen LogP) is 2.74. The van der Waals surface area contributed by atoms with Gasteiger partial charge >= 0.3 is 0 Å². The molecule has 0 fully saturated rings. The number of rotatable bonds is 6. The molecule has 0 radical (unpaired) electrons. The number of benzene rings is 1. The van der Waals surface area contributed by atoms with Crippen LogP contribution in [0.4, 0.5) is 0 Å². The molecular weight excluding hydrogens is 470 g/mol. The van der Waals surface area contributed by atoms with Crippen molar-refractivity contribution >= 4 is 26.0 Å². The summed E-state index contributed by atoms with van der Waals surface area (Å²) in [5.41, 5.74) is 0.958. The highest BCUT2D eigenvalue weighted by molar-refractivity contribution is 9.10. The van der Waals surface area contributed by atoms with Gasteiger partial charge in [-0.2, -0.15) is 4.31 Å². The van der Waals surface area contributed by atoms with Crippen LogP contribution < -0.4 is 4.74 Å². The van der Waals surface area contributed by atoms with E-state index < -0.39 is 16.1 Å². The van der Waals surface area contributed by atoms with Crippen LogP contribution in [0.5, 0.6) is 5.75 Å². The number of aliphatic hydroxyl groups is 1. The molecular formula is C21H28BrN3O4S. The van der Waals surface area contributed by atoms with Crippen molar-refractivity contribution in [2.75, 3.05) is 26.7 Å². The first kappa shape index (κ1) is 23.1. The van der Waals surface area contributed by atoms with E-state index in [1.807, 2.05) is 32.2 Å². The third-order valence-electron chi connectivity index (χ3n) is 5.28. The largest absolute Gasteiger partial charge is 0.487 e. The van der Waals surface area contributed by atoms with Crippen molar-refractivity contribution in [2.24, 2.45) is 5.92 Å². The first-order valence-electron chi connectivity index (χ1n) is 9.89. The lowest BCUT2D eigenvalue weighted by atomic mass is 10.0. The Bertz CT molecular complexity index is 958. The highest BCUT2D eigenvalue weighted by Crippen LogP contribution is 2.35. The summed E-state index contributed by atoms with van der Waals surface area (Å²) >= 11 is 3.41. The van der Waals surface area contributed by atoms with E-state index in [2.05, 4.69) is 25.8 Å². The molecule has 0 aliphatic carbocycles. The molecule has 1 aromatic heterocycles. The number of ether oxygens (including phenoxy) is 1. The Labute approximate surface area is 186 Å². The van der Waals surface area contributed by atoms with E-state index in [4.69, 9.17) is 4.74 Å². The molecule has 0 amide bonds. The minimum atomic E-state index is -3.80. The third kappa shape index (κ3) is 5.20. The van der Waals surface area contributed by atoms with Gasteiger partial charge in [-0.05, 0) is 44.3 Å². The van der Waals surface area contributed by atoms with E-state index in [9.17, 15) is 13.5 Å². The van der Waals surface area contributed by atoms with Crippen LogP contribution in [0.1, 0.15) is 19.5 Å². The lowest BCUT2D eigenvalue weighted by molar-refractivity contribution is 0.0730. The highest BCUT2D eigenvalue weighted by atomic mass is 79.9. The molecule has 2 heterocycles. The van der Waals surface area contributed by atoms with Crippen LogP contribution >= 0.6 is 15.9 Å². The number of hydrogen-bond acceptors (Lipinski definition) is 6. The fourth-order valence-corrected chi connectivity index (χ4v) is 5.72. The van der Waals surface area contributed by atoms with Gasteiger partial charge in [-0.3, -0.25) is 9.88 Å². The molecule has 9 heteroatoms. The second-order valence-electron chi connectivity index (χ2n) is 7.85. The Morgan fingerprint density at radius 1 is 1.37 bits per heavy atom. The Morgan fingerprint density at radius 3 is 2.80 bits per heavy atom. The zero-order chi connectivity index (χ0) is 21.9. The van der Waals surface area contributed by atoms with Crippen molar-refractivity contribution in [1.82, 2.24) is 14.2 Å². The summed E-state index contributed by atoms with van der Waals surface area (Å²) in [5.74, 6) is 0.231. The molecule has 1 aliphatic heterocycles. The SMILES string of the molecule is C[C@H]1CN([C@@H](C)CO)S(=O)(=O)c2ccc(Br)cc2O[C@@H]1CN(C)Cc1ccccn1. The normalized spacial score (nSPS) is 22.6. The predicted molar refractivity (Wildman–Crippen MR) is 119 cm³/mol. The van der Waals surface area contributed by atoms with Crippen LogP contribution in [-0.2, 0) is 16.6 Å². The molecule has 164 valence electrons. The van der Waals surface area contributed by atoms with Crippen LogP contribution in [0, 0.1) is 5.92 Å². The van der Waals surface area contributed by atoms with Gasteiger partial charge in [0.25, 0.3) is 0 Å². The van der Waals surface area contributed by atoms with Crippen molar-refractivity contribution in [3.63, 3.8) is 0 Å². The molecule has 1 aromatic carbocycles. The first-order valence-corrected chi connectivity index (χ1v) is 12.1. The van der Waals surface area contributed by atoms with Gasteiger partial charge in [-0.25, -0.2) is 8.42 Å². The van der Waals surface area contributed by atoms with Crippen molar-refractivity contribution in [3.8, 4) is 5.75 Å². The van der Waals surface area contributed by atoms with Crippen molar-refractivity contribution in [2.45, 2.75) is 37.4 Å². The molecule has 0 unspecified atom stereocenters. The van der Waals surface area contributed by atoms with E-state index in [1.165, 1.54) is 4.31 Å². The molecule has 0 saturated heterocycles. The standard InChI is InChI=1S/C21H28BrN3O4S/c1-15-11-25(16(2)14-26)30(27,28)21-8-7-17(22)10-19(21)29-20(15)13-24(3)12-18-6-4-5-9-23-18/h4-10,15-16,20,26H,11-14H2,1-3H3/t15-,16-,20+/m0/s1. The summed E-state index contributed by atoms with van der Waals surface area (Å²) in [6, 6.07) is 10.2. The fourth-order valence-electron chi connectivity index (χ4n) is 3.56. The average Bonchev–Trinajstić information content (AvgIpc) is 2.70. The number of nitrogens with zero attached hydrogens (tertiary/aromatic N) is 3. The summed E-state index contributed by atoms with van der Waals surface area (Å²) in [6.45, 7) is 4.98. The van der Waals surface area contributed by atoms with E-state index in [0.717, 1.165) is 10.2 Å². The number of halogens is 1. The van der Waals surface area contributed by atoms with Crippen molar-refractivity contribution in [3.05, 3.63) is 52.8 Å². The Morgan fingerprint density at radius 2 is 2.13 bits per heavy atom. The van der Waals surface area contributed by atoms with Crippen LogP contribution in [-0.4, -0.2) is 66.6 Å². The third-order valence-corrected chi connectivity index (χ3v) is 7.79. The van der Waals surface area contributed by atoms with Crippen LogP contribution in [0.25, 0.3) is 0 Å². The van der Waals surface area contributed by atoms with Gasteiger partial charge in [-0.15, -0.1) is 0 Å². The summed E-state index contributed by atoms with van der Waals surface area (Å²) < 4.78 is 35.0. The molecule has 1 N–H and O–H groups in total. The maximum atomic E-state index is 13.3. The number of sulfonamides is 1. The summed E-state index contributed by atoms with van der Waals surface area (Å²) in [6.07, 6.45) is 1.53.